The molecular formula is C8H12ClN3. The Kier molecular flexibility index (Phi) is 2.76. The fourth-order valence-corrected chi connectivity index (χ4v) is 1.25. The van der Waals surface area contributed by atoms with E-state index in [9.17, 15) is 0 Å². The number of halogens is 1. The molecular weight excluding hydrogens is 174 g/mol. The Morgan fingerprint density at radius 2 is 2.42 bits per heavy atom. The fraction of sp³-hybridized carbons (Fsp3) is 0.375. The lowest BCUT2D eigenvalue weighted by atomic mass is 10.2. The number of rotatable bonds is 2. The molecule has 1 atom stereocenters. The second-order valence-corrected chi connectivity index (χ2v) is 3.31. The topological polar surface area (TPSA) is 54.2 Å². The third-order valence-electron chi connectivity index (χ3n) is 1.59. The summed E-state index contributed by atoms with van der Waals surface area (Å²) in [7, 11) is 0. The van der Waals surface area contributed by atoms with Crippen molar-refractivity contribution in [2.24, 2.45) is 10.7 Å². The zero-order valence-electron chi connectivity index (χ0n) is 7.13. The number of hydrogen-bond donors (Lipinski definition) is 2. The molecule has 12 heavy (non-hydrogen) atoms. The Labute approximate surface area is 76.6 Å². The highest BCUT2D eigenvalue weighted by atomic mass is 35.5. The van der Waals surface area contributed by atoms with Crippen molar-refractivity contribution < 1.29 is 0 Å². The Balaban J connectivity index is 3.08. The van der Waals surface area contributed by atoms with Crippen LogP contribution in [0.2, 0.25) is 0 Å². The first-order valence-corrected chi connectivity index (χ1v) is 4.16. The standard InChI is InChI=1S/C8H12ClN3/c1-5-3-7(6(2)9)8(12-5)11-4-10/h3-4,6,12H,1-2H3,(H2,10,11). The van der Waals surface area contributed by atoms with E-state index in [4.69, 9.17) is 17.3 Å². The molecule has 3 N–H and O–H groups in total. The molecule has 0 bridgehead atoms. The van der Waals surface area contributed by atoms with Gasteiger partial charge >= 0.3 is 0 Å². The van der Waals surface area contributed by atoms with E-state index >= 15 is 0 Å². The van der Waals surface area contributed by atoms with Gasteiger partial charge in [-0.3, -0.25) is 0 Å². The summed E-state index contributed by atoms with van der Waals surface area (Å²) < 4.78 is 0. The molecule has 0 aromatic carbocycles. The number of H-pyrrole nitrogens is 1. The zero-order chi connectivity index (χ0) is 9.14. The summed E-state index contributed by atoms with van der Waals surface area (Å²) in [5.74, 6) is 0.748. The lowest BCUT2D eigenvalue weighted by Gasteiger charge is -1.99. The SMILES string of the molecule is Cc1cc(C(C)Cl)c(N=CN)[nH]1. The van der Waals surface area contributed by atoms with Crippen LogP contribution in [0.5, 0.6) is 0 Å². The van der Waals surface area contributed by atoms with Crippen molar-refractivity contribution in [1.29, 1.82) is 0 Å². The van der Waals surface area contributed by atoms with E-state index in [1.165, 1.54) is 6.34 Å². The lowest BCUT2D eigenvalue weighted by Crippen LogP contribution is -1.88. The number of aliphatic imine (C=N–C) groups is 1. The molecule has 66 valence electrons. The Morgan fingerprint density at radius 1 is 1.75 bits per heavy atom. The molecule has 0 spiro atoms. The van der Waals surface area contributed by atoms with E-state index in [1.807, 2.05) is 19.9 Å². The molecule has 4 heteroatoms. The van der Waals surface area contributed by atoms with Gasteiger partial charge in [0.1, 0.15) is 5.82 Å². The van der Waals surface area contributed by atoms with Crippen molar-refractivity contribution in [2.45, 2.75) is 19.2 Å². The Hall–Kier alpha value is -0.960. The van der Waals surface area contributed by atoms with Crippen molar-refractivity contribution in [3.05, 3.63) is 17.3 Å². The van der Waals surface area contributed by atoms with E-state index < -0.39 is 0 Å². The van der Waals surface area contributed by atoms with Gasteiger partial charge in [-0.1, -0.05) is 0 Å². The highest BCUT2D eigenvalue weighted by Crippen LogP contribution is 2.29. The highest BCUT2D eigenvalue weighted by molar-refractivity contribution is 6.20. The minimum absolute atomic E-state index is 0.0475. The minimum Gasteiger partial charge on any atom is -0.390 e. The molecule has 0 radical (unpaired) electrons. The predicted molar refractivity (Wildman–Crippen MR) is 52.1 cm³/mol. The molecule has 0 saturated carbocycles. The number of hydrogen-bond acceptors (Lipinski definition) is 1. The van der Waals surface area contributed by atoms with Gasteiger partial charge in [-0.2, -0.15) is 0 Å². The first kappa shape index (κ1) is 9.13. The maximum atomic E-state index is 5.92. The normalized spacial score (nSPS) is 13.9. The monoisotopic (exact) mass is 185 g/mol. The lowest BCUT2D eigenvalue weighted by molar-refractivity contribution is 1.08. The van der Waals surface area contributed by atoms with Gasteiger partial charge in [0.15, 0.2) is 0 Å². The van der Waals surface area contributed by atoms with Crippen LogP contribution in [0.1, 0.15) is 23.6 Å². The Bertz CT molecular complexity index is 288. The molecule has 0 aliphatic carbocycles. The van der Waals surface area contributed by atoms with Crippen molar-refractivity contribution in [1.82, 2.24) is 4.98 Å². The highest BCUT2D eigenvalue weighted by Gasteiger charge is 2.09. The maximum Gasteiger partial charge on any atom is 0.136 e. The molecule has 1 heterocycles. The average molecular weight is 186 g/mol. The largest absolute Gasteiger partial charge is 0.390 e. The number of aryl methyl sites for hydroxylation is 1. The summed E-state index contributed by atoms with van der Waals surface area (Å²) in [4.78, 5) is 7.03. The van der Waals surface area contributed by atoms with Crippen molar-refractivity contribution in [2.75, 3.05) is 0 Å². The van der Waals surface area contributed by atoms with Crippen LogP contribution in [0.4, 0.5) is 5.82 Å². The summed E-state index contributed by atoms with van der Waals surface area (Å²) >= 11 is 5.92. The number of aromatic amines is 1. The van der Waals surface area contributed by atoms with Crippen molar-refractivity contribution in [3.8, 4) is 0 Å². The van der Waals surface area contributed by atoms with Gasteiger partial charge in [-0.15, -0.1) is 11.6 Å². The van der Waals surface area contributed by atoms with Crippen LogP contribution in [-0.2, 0) is 0 Å². The maximum absolute atomic E-state index is 5.92. The molecule has 1 unspecified atom stereocenters. The van der Waals surface area contributed by atoms with Crippen molar-refractivity contribution >= 4 is 23.8 Å². The van der Waals surface area contributed by atoms with E-state index in [-0.39, 0.29) is 5.38 Å². The number of alkyl halides is 1. The second kappa shape index (κ2) is 3.63. The number of nitrogens with zero attached hydrogens (tertiary/aromatic N) is 1. The Morgan fingerprint density at radius 3 is 2.92 bits per heavy atom. The van der Waals surface area contributed by atoms with Crippen LogP contribution in [-0.4, -0.2) is 11.3 Å². The van der Waals surface area contributed by atoms with Crippen LogP contribution in [0.25, 0.3) is 0 Å². The summed E-state index contributed by atoms with van der Waals surface area (Å²) in [5.41, 5.74) is 7.21. The fourth-order valence-electron chi connectivity index (χ4n) is 1.08. The van der Waals surface area contributed by atoms with Gasteiger partial charge < -0.3 is 10.7 Å². The molecule has 0 fully saturated rings. The van der Waals surface area contributed by atoms with Crippen molar-refractivity contribution in [3.63, 3.8) is 0 Å². The second-order valence-electron chi connectivity index (χ2n) is 2.65. The van der Waals surface area contributed by atoms with Crippen LogP contribution in [0, 0.1) is 6.92 Å². The summed E-state index contributed by atoms with van der Waals surface area (Å²) in [6, 6.07) is 1.97. The van der Waals surface area contributed by atoms with Gasteiger partial charge in [0, 0.05) is 11.3 Å². The van der Waals surface area contributed by atoms with E-state index in [1.54, 1.807) is 0 Å². The van der Waals surface area contributed by atoms with E-state index in [2.05, 4.69) is 9.98 Å². The quantitative estimate of drug-likeness (QED) is 0.415. The average Bonchev–Trinajstić information content (AvgIpc) is 2.32. The van der Waals surface area contributed by atoms with E-state index in [0.29, 0.717) is 0 Å². The summed E-state index contributed by atoms with van der Waals surface area (Å²) in [6.45, 7) is 3.86. The van der Waals surface area contributed by atoms with E-state index in [0.717, 1.165) is 17.1 Å². The molecule has 0 amide bonds. The van der Waals surface area contributed by atoms with Crippen LogP contribution in [0.15, 0.2) is 11.1 Å². The third kappa shape index (κ3) is 1.80. The number of nitrogens with two attached hydrogens (primary N) is 1. The first-order valence-electron chi connectivity index (χ1n) is 3.73. The van der Waals surface area contributed by atoms with Crippen LogP contribution < -0.4 is 5.73 Å². The number of aromatic nitrogens is 1. The summed E-state index contributed by atoms with van der Waals surface area (Å²) in [6.07, 6.45) is 1.26. The van der Waals surface area contributed by atoms with Gasteiger partial charge in [-0.25, -0.2) is 4.99 Å². The predicted octanol–water partition coefficient (Wildman–Crippen LogP) is 2.24. The van der Waals surface area contributed by atoms with Crippen LogP contribution >= 0.6 is 11.6 Å². The zero-order valence-corrected chi connectivity index (χ0v) is 7.89. The molecule has 1 aromatic heterocycles. The third-order valence-corrected chi connectivity index (χ3v) is 1.83. The molecule has 3 nitrogen and oxygen atoms in total. The molecule has 0 aliphatic rings. The van der Waals surface area contributed by atoms with Crippen LogP contribution in [0.3, 0.4) is 0 Å². The van der Waals surface area contributed by atoms with Gasteiger partial charge in [0.2, 0.25) is 0 Å². The first-order chi connectivity index (χ1) is 5.65. The van der Waals surface area contributed by atoms with Gasteiger partial charge in [0.25, 0.3) is 0 Å². The molecule has 0 saturated heterocycles. The molecule has 1 rings (SSSR count). The smallest absolute Gasteiger partial charge is 0.136 e. The summed E-state index contributed by atoms with van der Waals surface area (Å²) in [5, 5.41) is -0.0475. The minimum atomic E-state index is -0.0475. The molecule has 0 aliphatic heterocycles. The van der Waals surface area contributed by atoms with Gasteiger partial charge in [0.05, 0.1) is 11.7 Å². The van der Waals surface area contributed by atoms with Gasteiger partial charge in [-0.05, 0) is 19.9 Å². The molecule has 1 aromatic rings. The number of nitrogens with one attached hydrogen (secondary N) is 1.